The number of benzene rings is 1. The number of hydrogen-bond acceptors (Lipinski definition) is 1. The minimum Gasteiger partial charge on any atom is -0.309 e. The van der Waals surface area contributed by atoms with Crippen molar-refractivity contribution in [1.29, 1.82) is 0 Å². The summed E-state index contributed by atoms with van der Waals surface area (Å²) in [5, 5.41) is 2.68. The third kappa shape index (κ3) is 2.51. The van der Waals surface area contributed by atoms with Gasteiger partial charge in [-0.25, -0.2) is 8.78 Å². The van der Waals surface area contributed by atoms with Crippen molar-refractivity contribution in [3.05, 3.63) is 35.9 Å². The summed E-state index contributed by atoms with van der Waals surface area (Å²) in [6.45, 7) is 1.53. The molecular formula is C11H15F2N. The maximum atomic E-state index is 12.7. The van der Waals surface area contributed by atoms with Crippen LogP contribution in [0.15, 0.2) is 30.3 Å². The number of rotatable bonds is 4. The Kier molecular flexibility index (Phi) is 3.58. The summed E-state index contributed by atoms with van der Waals surface area (Å²) in [5.41, 5.74) is -0.217. The van der Waals surface area contributed by atoms with Gasteiger partial charge in [0.1, 0.15) is 0 Å². The first kappa shape index (κ1) is 11.1. The van der Waals surface area contributed by atoms with Gasteiger partial charge in [0.15, 0.2) is 0 Å². The van der Waals surface area contributed by atoms with Gasteiger partial charge in [-0.05, 0) is 26.0 Å². The fourth-order valence-electron chi connectivity index (χ4n) is 1.29. The fourth-order valence-corrected chi connectivity index (χ4v) is 1.29. The molecular weight excluding hydrogens is 184 g/mol. The number of hydrogen-bond donors (Lipinski definition) is 1. The number of likely N-dealkylation sites (N-methyl/N-ethyl adjacent to an activating group) is 1. The molecule has 1 unspecified atom stereocenters. The van der Waals surface area contributed by atoms with Crippen LogP contribution in [0.5, 0.6) is 0 Å². The van der Waals surface area contributed by atoms with Gasteiger partial charge in [0.2, 0.25) is 0 Å². The highest BCUT2D eigenvalue weighted by Crippen LogP contribution is 2.20. The van der Waals surface area contributed by atoms with Crippen LogP contribution in [0.25, 0.3) is 0 Å². The molecule has 1 aromatic carbocycles. The summed E-state index contributed by atoms with van der Waals surface area (Å²) in [6.07, 6.45) is -2.03. The standard InChI is InChI=1S/C11H15F2N/c1-11(14-2,10(12)13)8-9-6-4-3-5-7-9/h3-7,10,14H,8H2,1-2H3. The first-order chi connectivity index (χ1) is 6.58. The molecule has 1 aromatic rings. The molecule has 1 rings (SSSR count). The molecule has 0 aliphatic heterocycles. The minimum absolute atomic E-state index is 0.335. The van der Waals surface area contributed by atoms with E-state index >= 15 is 0 Å². The molecule has 0 spiro atoms. The summed E-state index contributed by atoms with van der Waals surface area (Å²) in [6, 6.07) is 9.31. The van der Waals surface area contributed by atoms with E-state index in [1.54, 1.807) is 7.05 Å². The topological polar surface area (TPSA) is 12.0 Å². The van der Waals surface area contributed by atoms with E-state index in [1.807, 2.05) is 30.3 Å². The third-order valence-corrected chi connectivity index (χ3v) is 2.47. The normalized spacial score (nSPS) is 15.5. The lowest BCUT2D eigenvalue weighted by molar-refractivity contribution is 0.0451. The van der Waals surface area contributed by atoms with Crippen LogP contribution in [0.1, 0.15) is 12.5 Å². The number of nitrogens with one attached hydrogen (secondary N) is 1. The van der Waals surface area contributed by atoms with Crippen LogP contribution in [0.2, 0.25) is 0 Å². The zero-order valence-corrected chi connectivity index (χ0v) is 8.43. The molecule has 1 nitrogen and oxygen atoms in total. The Balaban J connectivity index is 2.76. The highest BCUT2D eigenvalue weighted by Gasteiger charge is 2.33. The third-order valence-electron chi connectivity index (χ3n) is 2.47. The smallest absolute Gasteiger partial charge is 0.256 e. The van der Waals surface area contributed by atoms with Crippen LogP contribution in [0.3, 0.4) is 0 Å². The molecule has 1 atom stereocenters. The Labute approximate surface area is 83.1 Å². The minimum atomic E-state index is -2.37. The van der Waals surface area contributed by atoms with Gasteiger partial charge in [0, 0.05) is 0 Å². The Bertz CT molecular complexity index is 274. The summed E-state index contributed by atoms with van der Waals surface area (Å²) in [7, 11) is 1.56. The van der Waals surface area contributed by atoms with E-state index < -0.39 is 12.0 Å². The highest BCUT2D eigenvalue weighted by atomic mass is 19.3. The molecule has 0 aliphatic carbocycles. The predicted molar refractivity (Wildman–Crippen MR) is 53.6 cm³/mol. The second-order valence-corrected chi connectivity index (χ2v) is 3.63. The average molecular weight is 199 g/mol. The SMILES string of the molecule is CNC(C)(Cc1ccccc1)C(F)F. The molecule has 1 N–H and O–H groups in total. The Morgan fingerprint density at radius 1 is 1.29 bits per heavy atom. The second-order valence-electron chi connectivity index (χ2n) is 3.63. The molecule has 0 fully saturated rings. The Hall–Kier alpha value is -0.960. The summed E-state index contributed by atoms with van der Waals surface area (Å²) in [4.78, 5) is 0. The molecule has 0 saturated carbocycles. The van der Waals surface area contributed by atoms with Crippen LogP contribution >= 0.6 is 0 Å². The molecule has 0 bridgehead atoms. The van der Waals surface area contributed by atoms with Crippen LogP contribution in [-0.2, 0) is 6.42 Å². The van der Waals surface area contributed by atoms with E-state index in [1.165, 1.54) is 6.92 Å². The highest BCUT2D eigenvalue weighted by molar-refractivity contribution is 5.17. The van der Waals surface area contributed by atoms with Crippen molar-refractivity contribution in [2.24, 2.45) is 0 Å². The lowest BCUT2D eigenvalue weighted by Crippen LogP contribution is -2.48. The van der Waals surface area contributed by atoms with E-state index in [4.69, 9.17) is 0 Å². The molecule has 3 heteroatoms. The van der Waals surface area contributed by atoms with Gasteiger partial charge in [-0.15, -0.1) is 0 Å². The fraction of sp³-hybridized carbons (Fsp3) is 0.455. The quantitative estimate of drug-likeness (QED) is 0.785. The zero-order chi connectivity index (χ0) is 10.6. The van der Waals surface area contributed by atoms with E-state index in [0.29, 0.717) is 6.42 Å². The maximum absolute atomic E-state index is 12.7. The second kappa shape index (κ2) is 4.51. The molecule has 0 saturated heterocycles. The maximum Gasteiger partial charge on any atom is 0.256 e. The van der Waals surface area contributed by atoms with Crippen LogP contribution in [0.4, 0.5) is 8.78 Å². The predicted octanol–water partition coefficient (Wildman–Crippen LogP) is 2.47. The molecule has 0 aliphatic rings. The van der Waals surface area contributed by atoms with Crippen LogP contribution in [0, 0.1) is 0 Å². The molecule has 0 heterocycles. The zero-order valence-electron chi connectivity index (χ0n) is 8.43. The van der Waals surface area contributed by atoms with Gasteiger partial charge in [0.25, 0.3) is 6.43 Å². The first-order valence-corrected chi connectivity index (χ1v) is 4.59. The average Bonchev–Trinajstić information content (AvgIpc) is 2.19. The van der Waals surface area contributed by atoms with E-state index in [0.717, 1.165) is 5.56 Å². The van der Waals surface area contributed by atoms with Gasteiger partial charge in [-0.2, -0.15) is 0 Å². The van der Waals surface area contributed by atoms with E-state index in [2.05, 4.69) is 5.32 Å². The van der Waals surface area contributed by atoms with Crippen molar-refractivity contribution in [2.45, 2.75) is 25.3 Å². The molecule has 14 heavy (non-hydrogen) atoms. The van der Waals surface area contributed by atoms with E-state index in [-0.39, 0.29) is 0 Å². The summed E-state index contributed by atoms with van der Waals surface area (Å²) < 4.78 is 25.4. The molecule has 0 amide bonds. The van der Waals surface area contributed by atoms with Crippen LogP contribution in [-0.4, -0.2) is 19.0 Å². The number of alkyl halides is 2. The Morgan fingerprint density at radius 2 is 1.86 bits per heavy atom. The summed E-state index contributed by atoms with van der Waals surface area (Å²) in [5.74, 6) is 0. The van der Waals surface area contributed by atoms with Gasteiger partial charge in [-0.3, -0.25) is 0 Å². The van der Waals surface area contributed by atoms with Crippen molar-refractivity contribution in [3.8, 4) is 0 Å². The lowest BCUT2D eigenvalue weighted by Gasteiger charge is -2.28. The van der Waals surface area contributed by atoms with Gasteiger partial charge in [0.05, 0.1) is 5.54 Å². The summed E-state index contributed by atoms with van der Waals surface area (Å²) >= 11 is 0. The largest absolute Gasteiger partial charge is 0.309 e. The van der Waals surface area contributed by atoms with Gasteiger partial charge in [-0.1, -0.05) is 30.3 Å². The van der Waals surface area contributed by atoms with Crippen molar-refractivity contribution >= 4 is 0 Å². The van der Waals surface area contributed by atoms with E-state index in [9.17, 15) is 8.78 Å². The van der Waals surface area contributed by atoms with Crippen molar-refractivity contribution in [1.82, 2.24) is 5.32 Å². The van der Waals surface area contributed by atoms with Crippen molar-refractivity contribution < 1.29 is 8.78 Å². The lowest BCUT2D eigenvalue weighted by atomic mass is 9.93. The Morgan fingerprint density at radius 3 is 2.29 bits per heavy atom. The first-order valence-electron chi connectivity index (χ1n) is 4.59. The van der Waals surface area contributed by atoms with Gasteiger partial charge < -0.3 is 5.32 Å². The molecule has 78 valence electrons. The molecule has 0 radical (unpaired) electrons. The van der Waals surface area contributed by atoms with Crippen molar-refractivity contribution in [2.75, 3.05) is 7.05 Å². The van der Waals surface area contributed by atoms with Gasteiger partial charge >= 0.3 is 0 Å². The van der Waals surface area contributed by atoms with Crippen LogP contribution < -0.4 is 5.32 Å². The monoisotopic (exact) mass is 199 g/mol. The number of halogens is 2. The van der Waals surface area contributed by atoms with Crippen molar-refractivity contribution in [3.63, 3.8) is 0 Å². The molecule has 0 aromatic heterocycles.